The lowest BCUT2D eigenvalue weighted by Crippen LogP contribution is -2.43. The van der Waals surface area contributed by atoms with Crippen molar-refractivity contribution in [1.82, 2.24) is 4.90 Å². The van der Waals surface area contributed by atoms with E-state index in [2.05, 4.69) is 13.8 Å². The number of hydrogen-bond donors (Lipinski definition) is 1. The molecule has 0 aromatic rings. The van der Waals surface area contributed by atoms with E-state index in [1.54, 1.807) is 4.90 Å². The topological polar surface area (TPSA) is 68.2 Å². The van der Waals surface area contributed by atoms with Crippen LogP contribution in [0.1, 0.15) is 33.1 Å². The minimum atomic E-state index is -0.383. The quantitative estimate of drug-likeness (QED) is 0.718. The zero-order valence-corrected chi connectivity index (χ0v) is 14.2. The second-order valence-electron chi connectivity index (χ2n) is 6.43. The van der Waals surface area contributed by atoms with E-state index in [0.29, 0.717) is 44.6 Å². The van der Waals surface area contributed by atoms with Crippen molar-refractivity contribution in [3.05, 3.63) is 11.8 Å². The van der Waals surface area contributed by atoms with Gasteiger partial charge in [0.15, 0.2) is 5.76 Å². The molecule has 2 aliphatic rings. The Bertz CT molecular complexity index is 404. The summed E-state index contributed by atoms with van der Waals surface area (Å²) in [5, 5.41) is 8.82. The number of nitrogens with zero attached hydrogens (tertiary/aromatic N) is 1. The number of morpholine rings is 1. The summed E-state index contributed by atoms with van der Waals surface area (Å²) in [6.45, 7) is 7.36. The highest BCUT2D eigenvalue weighted by Gasteiger charge is 2.31. The molecule has 132 valence electrons. The van der Waals surface area contributed by atoms with Gasteiger partial charge in [-0.05, 0) is 30.8 Å². The fourth-order valence-corrected chi connectivity index (χ4v) is 2.75. The zero-order chi connectivity index (χ0) is 16.7. The minimum absolute atomic E-state index is 0.0670. The van der Waals surface area contributed by atoms with Gasteiger partial charge in [0, 0.05) is 26.1 Å². The highest BCUT2D eigenvalue weighted by Crippen LogP contribution is 2.29. The second kappa shape index (κ2) is 9.25. The lowest BCUT2D eigenvalue weighted by atomic mass is 9.90. The molecular formula is C17H29NO5. The SMILES string of the molecule is CC(C)[C@@H]1C=C(C(=O)N2CCOCC2)O[C@H](OCCCCO)C1. The third kappa shape index (κ3) is 5.48. The first-order chi connectivity index (χ1) is 11.1. The van der Waals surface area contributed by atoms with Crippen LogP contribution in [0.25, 0.3) is 0 Å². The van der Waals surface area contributed by atoms with Crippen LogP contribution in [0, 0.1) is 11.8 Å². The van der Waals surface area contributed by atoms with Crippen molar-refractivity contribution in [3.8, 4) is 0 Å². The molecule has 2 atom stereocenters. The van der Waals surface area contributed by atoms with Crippen molar-refractivity contribution >= 4 is 5.91 Å². The number of unbranched alkanes of at least 4 members (excludes halogenated alkanes) is 1. The molecule has 2 aliphatic heterocycles. The monoisotopic (exact) mass is 327 g/mol. The molecule has 0 saturated carbocycles. The summed E-state index contributed by atoms with van der Waals surface area (Å²) in [4.78, 5) is 14.4. The molecule has 1 fully saturated rings. The fraction of sp³-hybridized carbons (Fsp3) is 0.824. The molecule has 1 N–H and O–H groups in total. The summed E-state index contributed by atoms with van der Waals surface area (Å²) in [5.74, 6) is 1.04. The Hall–Kier alpha value is -1.11. The lowest BCUT2D eigenvalue weighted by Gasteiger charge is -2.34. The number of allylic oxidation sites excluding steroid dienone is 1. The van der Waals surface area contributed by atoms with Gasteiger partial charge in [-0.15, -0.1) is 0 Å². The van der Waals surface area contributed by atoms with Crippen LogP contribution in [0.15, 0.2) is 11.8 Å². The van der Waals surface area contributed by atoms with Crippen molar-refractivity contribution in [2.24, 2.45) is 11.8 Å². The Morgan fingerprint density at radius 2 is 2.13 bits per heavy atom. The van der Waals surface area contributed by atoms with E-state index in [9.17, 15) is 4.79 Å². The van der Waals surface area contributed by atoms with Gasteiger partial charge in [-0.25, -0.2) is 0 Å². The molecule has 1 amide bonds. The Balaban J connectivity index is 1.96. The number of carbonyl (C=O) groups excluding carboxylic acids is 1. The van der Waals surface area contributed by atoms with Gasteiger partial charge < -0.3 is 24.2 Å². The molecule has 0 unspecified atom stereocenters. The molecule has 0 aromatic heterocycles. The van der Waals surface area contributed by atoms with Crippen molar-refractivity contribution in [2.75, 3.05) is 39.5 Å². The predicted octanol–water partition coefficient (Wildman–Crippen LogP) is 1.54. The van der Waals surface area contributed by atoms with Gasteiger partial charge in [0.1, 0.15) is 0 Å². The van der Waals surface area contributed by atoms with E-state index in [0.717, 1.165) is 19.3 Å². The number of aliphatic hydroxyl groups excluding tert-OH is 1. The van der Waals surface area contributed by atoms with Crippen molar-refractivity contribution in [2.45, 2.75) is 39.4 Å². The molecule has 1 saturated heterocycles. The summed E-state index contributed by atoms with van der Waals surface area (Å²) in [6, 6.07) is 0. The molecule has 2 heterocycles. The van der Waals surface area contributed by atoms with E-state index in [-0.39, 0.29) is 24.7 Å². The summed E-state index contributed by atoms with van der Waals surface area (Å²) in [5.41, 5.74) is 0. The number of aliphatic hydroxyl groups is 1. The fourth-order valence-electron chi connectivity index (χ4n) is 2.75. The molecular weight excluding hydrogens is 298 g/mol. The third-order valence-corrected chi connectivity index (χ3v) is 4.31. The van der Waals surface area contributed by atoms with Crippen LogP contribution < -0.4 is 0 Å². The van der Waals surface area contributed by atoms with Gasteiger partial charge in [-0.1, -0.05) is 13.8 Å². The molecule has 2 rings (SSSR count). The number of ether oxygens (including phenoxy) is 3. The number of amides is 1. The maximum absolute atomic E-state index is 12.6. The summed E-state index contributed by atoms with van der Waals surface area (Å²) < 4.78 is 16.9. The molecule has 23 heavy (non-hydrogen) atoms. The van der Waals surface area contributed by atoms with E-state index < -0.39 is 0 Å². The Kier molecular flexibility index (Phi) is 7.33. The Morgan fingerprint density at radius 3 is 2.78 bits per heavy atom. The molecule has 0 aromatic carbocycles. The molecule has 0 spiro atoms. The van der Waals surface area contributed by atoms with Crippen LogP contribution in [0.5, 0.6) is 0 Å². The summed E-state index contributed by atoms with van der Waals surface area (Å²) in [7, 11) is 0. The Morgan fingerprint density at radius 1 is 1.39 bits per heavy atom. The van der Waals surface area contributed by atoms with Crippen LogP contribution in [-0.4, -0.2) is 61.7 Å². The van der Waals surface area contributed by atoms with Crippen LogP contribution >= 0.6 is 0 Å². The number of rotatable bonds is 7. The number of carbonyl (C=O) groups is 1. The van der Waals surface area contributed by atoms with Gasteiger partial charge in [0.25, 0.3) is 5.91 Å². The maximum atomic E-state index is 12.6. The van der Waals surface area contributed by atoms with Gasteiger partial charge in [0.05, 0.1) is 19.8 Å². The van der Waals surface area contributed by atoms with Gasteiger partial charge in [-0.3, -0.25) is 4.79 Å². The largest absolute Gasteiger partial charge is 0.459 e. The van der Waals surface area contributed by atoms with Gasteiger partial charge in [0.2, 0.25) is 6.29 Å². The smallest absolute Gasteiger partial charge is 0.288 e. The van der Waals surface area contributed by atoms with Crippen molar-refractivity contribution in [1.29, 1.82) is 0 Å². The highest BCUT2D eigenvalue weighted by molar-refractivity contribution is 5.91. The van der Waals surface area contributed by atoms with Crippen LogP contribution in [-0.2, 0) is 19.0 Å². The first-order valence-electron chi connectivity index (χ1n) is 8.59. The zero-order valence-electron chi connectivity index (χ0n) is 14.2. The van der Waals surface area contributed by atoms with Crippen LogP contribution in [0.2, 0.25) is 0 Å². The maximum Gasteiger partial charge on any atom is 0.288 e. The van der Waals surface area contributed by atoms with E-state index in [1.807, 2.05) is 6.08 Å². The van der Waals surface area contributed by atoms with Crippen LogP contribution in [0.4, 0.5) is 0 Å². The molecule has 6 nitrogen and oxygen atoms in total. The molecule has 0 bridgehead atoms. The summed E-state index contributed by atoms with van der Waals surface area (Å²) in [6.07, 6.45) is 3.84. The van der Waals surface area contributed by atoms with Gasteiger partial charge >= 0.3 is 0 Å². The number of hydrogen-bond acceptors (Lipinski definition) is 5. The second-order valence-corrected chi connectivity index (χ2v) is 6.43. The average Bonchev–Trinajstić information content (AvgIpc) is 2.58. The van der Waals surface area contributed by atoms with E-state index >= 15 is 0 Å². The average molecular weight is 327 g/mol. The lowest BCUT2D eigenvalue weighted by molar-refractivity contribution is -0.158. The highest BCUT2D eigenvalue weighted by atomic mass is 16.7. The molecule has 6 heteroatoms. The van der Waals surface area contributed by atoms with Crippen molar-refractivity contribution < 1.29 is 24.1 Å². The standard InChI is InChI=1S/C17H29NO5/c1-13(2)14-11-15(17(20)18-5-9-21-10-6-18)23-16(12-14)22-8-4-3-7-19/h11,13-14,16,19H,3-10,12H2,1-2H3/t14-,16+/m1/s1. The first-order valence-corrected chi connectivity index (χ1v) is 8.59. The predicted molar refractivity (Wildman–Crippen MR) is 85.6 cm³/mol. The Labute approximate surface area is 138 Å². The van der Waals surface area contributed by atoms with E-state index in [4.69, 9.17) is 19.3 Å². The molecule has 0 radical (unpaired) electrons. The normalized spacial score (nSPS) is 25.2. The first kappa shape index (κ1) is 18.2. The summed E-state index contributed by atoms with van der Waals surface area (Å²) >= 11 is 0. The van der Waals surface area contributed by atoms with Crippen LogP contribution in [0.3, 0.4) is 0 Å². The third-order valence-electron chi connectivity index (χ3n) is 4.31. The van der Waals surface area contributed by atoms with Crippen molar-refractivity contribution in [3.63, 3.8) is 0 Å². The van der Waals surface area contributed by atoms with E-state index in [1.165, 1.54) is 0 Å². The molecule has 0 aliphatic carbocycles. The van der Waals surface area contributed by atoms with Gasteiger partial charge in [-0.2, -0.15) is 0 Å². The minimum Gasteiger partial charge on any atom is -0.459 e.